The second-order valence-electron chi connectivity index (χ2n) is 5.30. The third-order valence-electron chi connectivity index (χ3n) is 3.12. The van der Waals surface area contributed by atoms with Crippen LogP contribution in [0.4, 0.5) is 10.5 Å². The van der Waals surface area contributed by atoms with Gasteiger partial charge < -0.3 is 10.6 Å². The van der Waals surface area contributed by atoms with E-state index in [9.17, 15) is 14.4 Å². The first-order valence-corrected chi connectivity index (χ1v) is 6.76. The standard InChI is InChI=1S/C14H13ClN4O3/c1-14(2)12(21)19(13(22)18-14)7-11(20)17-10-5-9(15)4-3-8(10)6-16/h3-5H,7H2,1-2H3,(H,17,20)(H,18,22). The first kappa shape index (κ1) is 15.8. The zero-order chi connectivity index (χ0) is 16.5. The third kappa shape index (κ3) is 3.02. The average Bonchev–Trinajstić information content (AvgIpc) is 2.61. The average molecular weight is 321 g/mol. The van der Waals surface area contributed by atoms with Crippen LogP contribution in [0.25, 0.3) is 0 Å². The summed E-state index contributed by atoms with van der Waals surface area (Å²) in [6.45, 7) is 2.66. The molecular weight excluding hydrogens is 308 g/mol. The number of nitrogens with one attached hydrogen (secondary N) is 2. The van der Waals surface area contributed by atoms with E-state index in [1.54, 1.807) is 13.8 Å². The van der Waals surface area contributed by atoms with Crippen LogP contribution < -0.4 is 10.6 Å². The minimum absolute atomic E-state index is 0.228. The van der Waals surface area contributed by atoms with Crippen molar-refractivity contribution in [2.24, 2.45) is 0 Å². The molecule has 1 aliphatic rings. The summed E-state index contributed by atoms with van der Waals surface area (Å²) < 4.78 is 0. The summed E-state index contributed by atoms with van der Waals surface area (Å²) in [6, 6.07) is 5.71. The van der Waals surface area contributed by atoms with Crippen molar-refractivity contribution in [3.63, 3.8) is 0 Å². The predicted molar refractivity (Wildman–Crippen MR) is 79.1 cm³/mol. The lowest BCUT2D eigenvalue weighted by Gasteiger charge is -2.16. The number of rotatable bonds is 3. The highest BCUT2D eigenvalue weighted by atomic mass is 35.5. The molecule has 0 atom stereocenters. The molecule has 0 aromatic heterocycles. The number of hydrogen-bond acceptors (Lipinski definition) is 4. The van der Waals surface area contributed by atoms with Gasteiger partial charge in [-0.05, 0) is 32.0 Å². The Hall–Kier alpha value is -2.59. The Bertz CT molecular complexity index is 709. The van der Waals surface area contributed by atoms with Gasteiger partial charge in [-0.3, -0.25) is 14.5 Å². The normalized spacial score (nSPS) is 16.2. The number of nitriles is 1. The van der Waals surface area contributed by atoms with E-state index in [4.69, 9.17) is 16.9 Å². The van der Waals surface area contributed by atoms with Gasteiger partial charge in [-0.1, -0.05) is 11.6 Å². The molecule has 114 valence electrons. The summed E-state index contributed by atoms with van der Waals surface area (Å²) in [5.74, 6) is -1.08. The van der Waals surface area contributed by atoms with Crippen molar-refractivity contribution in [2.45, 2.75) is 19.4 Å². The molecule has 22 heavy (non-hydrogen) atoms. The molecule has 4 amide bonds. The number of carbonyl (C=O) groups is 3. The summed E-state index contributed by atoms with van der Waals surface area (Å²) in [6.07, 6.45) is 0. The lowest BCUT2D eigenvalue weighted by molar-refractivity contribution is -0.132. The zero-order valence-electron chi connectivity index (χ0n) is 11.9. The van der Waals surface area contributed by atoms with Crippen LogP contribution in [0.5, 0.6) is 0 Å². The van der Waals surface area contributed by atoms with Crippen LogP contribution in [0, 0.1) is 11.3 Å². The smallest absolute Gasteiger partial charge is 0.324 e. The van der Waals surface area contributed by atoms with Crippen LogP contribution in [0.1, 0.15) is 19.4 Å². The van der Waals surface area contributed by atoms with E-state index >= 15 is 0 Å². The Kier molecular flexibility index (Phi) is 4.06. The Morgan fingerprint density at radius 2 is 2.14 bits per heavy atom. The highest BCUT2D eigenvalue weighted by molar-refractivity contribution is 6.31. The number of amides is 4. The topological polar surface area (TPSA) is 102 Å². The molecule has 1 aromatic carbocycles. The lowest BCUT2D eigenvalue weighted by Crippen LogP contribution is -2.41. The molecule has 8 heteroatoms. The molecule has 1 aromatic rings. The molecule has 2 rings (SSSR count). The fourth-order valence-corrected chi connectivity index (χ4v) is 2.18. The van der Waals surface area contributed by atoms with E-state index in [0.717, 1.165) is 4.90 Å². The van der Waals surface area contributed by atoms with Crippen molar-refractivity contribution in [3.8, 4) is 6.07 Å². The minimum Gasteiger partial charge on any atom is -0.324 e. The highest BCUT2D eigenvalue weighted by Crippen LogP contribution is 2.21. The molecule has 0 radical (unpaired) electrons. The van der Waals surface area contributed by atoms with Crippen LogP contribution >= 0.6 is 11.6 Å². The SMILES string of the molecule is CC1(C)NC(=O)N(CC(=O)Nc2cc(Cl)ccc2C#N)C1=O. The first-order chi connectivity index (χ1) is 10.2. The number of urea groups is 1. The van der Waals surface area contributed by atoms with E-state index in [-0.39, 0.29) is 11.3 Å². The van der Waals surface area contributed by atoms with Crippen molar-refractivity contribution in [1.29, 1.82) is 5.26 Å². The van der Waals surface area contributed by atoms with Gasteiger partial charge in [-0.25, -0.2) is 4.79 Å². The van der Waals surface area contributed by atoms with E-state index in [0.29, 0.717) is 5.02 Å². The summed E-state index contributed by atoms with van der Waals surface area (Å²) >= 11 is 5.82. The van der Waals surface area contributed by atoms with E-state index in [1.807, 2.05) is 6.07 Å². The van der Waals surface area contributed by atoms with Crippen LogP contribution in [-0.2, 0) is 9.59 Å². The number of anilines is 1. The molecular formula is C14H13ClN4O3. The van der Waals surface area contributed by atoms with Gasteiger partial charge in [0.15, 0.2) is 0 Å². The van der Waals surface area contributed by atoms with Crippen molar-refractivity contribution < 1.29 is 14.4 Å². The molecule has 0 saturated carbocycles. The van der Waals surface area contributed by atoms with E-state index in [2.05, 4.69) is 10.6 Å². The van der Waals surface area contributed by atoms with Gasteiger partial charge in [0.2, 0.25) is 5.91 Å². The van der Waals surface area contributed by atoms with E-state index < -0.39 is 29.9 Å². The number of hydrogen-bond donors (Lipinski definition) is 2. The monoisotopic (exact) mass is 320 g/mol. The molecule has 0 unspecified atom stereocenters. The van der Waals surface area contributed by atoms with Crippen molar-refractivity contribution in [3.05, 3.63) is 28.8 Å². The maximum Gasteiger partial charge on any atom is 0.325 e. The predicted octanol–water partition coefficient (Wildman–Crippen LogP) is 1.48. The summed E-state index contributed by atoms with van der Waals surface area (Å²) in [7, 11) is 0. The fraction of sp³-hybridized carbons (Fsp3) is 0.286. The van der Waals surface area contributed by atoms with Gasteiger partial charge in [-0.15, -0.1) is 0 Å². The second kappa shape index (κ2) is 5.66. The van der Waals surface area contributed by atoms with Gasteiger partial charge in [0.1, 0.15) is 18.2 Å². The molecule has 1 fully saturated rings. The second-order valence-corrected chi connectivity index (χ2v) is 5.73. The molecule has 7 nitrogen and oxygen atoms in total. The highest BCUT2D eigenvalue weighted by Gasteiger charge is 2.44. The maximum atomic E-state index is 12.0. The zero-order valence-corrected chi connectivity index (χ0v) is 12.7. The van der Waals surface area contributed by atoms with Crippen molar-refractivity contribution in [2.75, 3.05) is 11.9 Å². The molecule has 0 spiro atoms. The fourth-order valence-electron chi connectivity index (χ4n) is 2.01. The van der Waals surface area contributed by atoms with Crippen LogP contribution in [0.2, 0.25) is 5.02 Å². The van der Waals surface area contributed by atoms with Gasteiger partial charge >= 0.3 is 6.03 Å². The Morgan fingerprint density at radius 3 is 2.68 bits per heavy atom. The largest absolute Gasteiger partial charge is 0.325 e. The number of benzene rings is 1. The van der Waals surface area contributed by atoms with Crippen molar-refractivity contribution >= 4 is 35.1 Å². The van der Waals surface area contributed by atoms with Gasteiger partial charge in [0.25, 0.3) is 5.91 Å². The lowest BCUT2D eigenvalue weighted by atomic mass is 10.1. The molecule has 0 bridgehead atoms. The summed E-state index contributed by atoms with van der Waals surface area (Å²) in [5.41, 5.74) is -0.577. The molecule has 1 heterocycles. The summed E-state index contributed by atoms with van der Waals surface area (Å²) in [5, 5.41) is 14.3. The van der Waals surface area contributed by atoms with Gasteiger partial charge in [-0.2, -0.15) is 5.26 Å². The maximum absolute atomic E-state index is 12.0. The number of nitrogens with zero attached hydrogens (tertiary/aromatic N) is 2. The molecule has 1 saturated heterocycles. The minimum atomic E-state index is -1.04. The Morgan fingerprint density at radius 1 is 1.45 bits per heavy atom. The van der Waals surface area contributed by atoms with Gasteiger partial charge in [0.05, 0.1) is 11.3 Å². The van der Waals surface area contributed by atoms with Crippen LogP contribution in [0.3, 0.4) is 0 Å². The number of imide groups is 1. The third-order valence-corrected chi connectivity index (χ3v) is 3.36. The van der Waals surface area contributed by atoms with E-state index in [1.165, 1.54) is 18.2 Å². The Balaban J connectivity index is 2.12. The number of carbonyl (C=O) groups excluding carboxylic acids is 3. The molecule has 0 aliphatic carbocycles. The van der Waals surface area contributed by atoms with Crippen molar-refractivity contribution in [1.82, 2.24) is 10.2 Å². The van der Waals surface area contributed by atoms with Gasteiger partial charge in [0, 0.05) is 5.02 Å². The summed E-state index contributed by atoms with van der Waals surface area (Å²) in [4.78, 5) is 36.5. The van der Waals surface area contributed by atoms with Crippen LogP contribution in [0.15, 0.2) is 18.2 Å². The molecule has 2 N–H and O–H groups in total. The molecule has 1 aliphatic heterocycles. The first-order valence-electron chi connectivity index (χ1n) is 6.38. The quantitative estimate of drug-likeness (QED) is 0.823. The Labute approximate surface area is 131 Å². The van der Waals surface area contributed by atoms with Crippen LogP contribution in [-0.4, -0.2) is 34.8 Å². The number of halogens is 1.